The summed E-state index contributed by atoms with van der Waals surface area (Å²) in [4.78, 5) is 0. The second-order valence-electron chi connectivity index (χ2n) is 10.7. The minimum absolute atomic E-state index is 0.270. The van der Waals surface area contributed by atoms with Gasteiger partial charge in [-0.05, 0) is 79.2 Å². The Morgan fingerprint density at radius 2 is 1.31 bits per heavy atom. The predicted molar refractivity (Wildman–Crippen MR) is 150 cm³/mol. The van der Waals surface area contributed by atoms with E-state index in [9.17, 15) is 4.39 Å². The lowest BCUT2D eigenvalue weighted by molar-refractivity contribution is 0.0800. The van der Waals surface area contributed by atoms with Crippen LogP contribution in [0, 0.1) is 11.7 Å². The summed E-state index contributed by atoms with van der Waals surface area (Å²) in [5.41, 5.74) is 3.38. The largest absolute Gasteiger partial charge is 0.491 e. The molecule has 0 aromatic heterocycles. The van der Waals surface area contributed by atoms with E-state index in [1.807, 2.05) is 6.07 Å². The van der Waals surface area contributed by atoms with Gasteiger partial charge in [-0.15, -0.1) is 0 Å². The second-order valence-corrected chi connectivity index (χ2v) is 10.7. The SMILES string of the molecule is CCCCCCCCOc1ccc(-c2ccc(C3CCC(COCCCCCC)CC3)cc2)cc1F. The van der Waals surface area contributed by atoms with Crippen molar-refractivity contribution < 1.29 is 13.9 Å². The van der Waals surface area contributed by atoms with Crippen molar-refractivity contribution in [3.8, 4) is 16.9 Å². The molecule has 1 aliphatic rings. The third kappa shape index (κ3) is 9.88. The Bertz CT molecular complexity index is 839. The van der Waals surface area contributed by atoms with Crippen molar-refractivity contribution in [3.63, 3.8) is 0 Å². The Hall–Kier alpha value is -1.87. The molecule has 0 saturated heterocycles. The molecule has 0 unspecified atom stereocenters. The van der Waals surface area contributed by atoms with Gasteiger partial charge in [0.15, 0.2) is 11.6 Å². The van der Waals surface area contributed by atoms with Crippen LogP contribution in [0.2, 0.25) is 0 Å². The van der Waals surface area contributed by atoms with Crippen LogP contribution < -0.4 is 4.74 Å². The number of benzene rings is 2. The Labute approximate surface area is 220 Å². The van der Waals surface area contributed by atoms with E-state index in [0.29, 0.717) is 18.3 Å². The smallest absolute Gasteiger partial charge is 0.165 e. The molecule has 1 fully saturated rings. The van der Waals surface area contributed by atoms with Gasteiger partial charge in [-0.2, -0.15) is 0 Å². The van der Waals surface area contributed by atoms with Gasteiger partial charge in [-0.3, -0.25) is 0 Å². The van der Waals surface area contributed by atoms with Crippen LogP contribution in [0.5, 0.6) is 5.75 Å². The van der Waals surface area contributed by atoms with Crippen LogP contribution in [0.1, 0.15) is 115 Å². The Morgan fingerprint density at radius 1 is 0.694 bits per heavy atom. The molecule has 0 bridgehead atoms. The van der Waals surface area contributed by atoms with Gasteiger partial charge in [0, 0.05) is 13.2 Å². The molecule has 0 atom stereocenters. The van der Waals surface area contributed by atoms with E-state index in [-0.39, 0.29) is 5.82 Å². The molecule has 36 heavy (non-hydrogen) atoms. The summed E-state index contributed by atoms with van der Waals surface area (Å²) in [7, 11) is 0. The van der Waals surface area contributed by atoms with Crippen molar-refractivity contribution in [2.45, 2.75) is 110 Å². The lowest BCUT2D eigenvalue weighted by Crippen LogP contribution is -2.18. The first kappa shape index (κ1) is 28.7. The zero-order valence-corrected chi connectivity index (χ0v) is 22.9. The zero-order chi connectivity index (χ0) is 25.4. The number of unbranched alkanes of at least 4 members (excludes halogenated alkanes) is 8. The third-order valence-electron chi connectivity index (χ3n) is 7.75. The minimum Gasteiger partial charge on any atom is -0.491 e. The number of hydrogen-bond acceptors (Lipinski definition) is 2. The molecule has 0 heterocycles. The number of halogens is 1. The van der Waals surface area contributed by atoms with Crippen molar-refractivity contribution in [1.82, 2.24) is 0 Å². The topological polar surface area (TPSA) is 18.5 Å². The molecule has 2 aromatic carbocycles. The van der Waals surface area contributed by atoms with E-state index in [1.54, 1.807) is 12.1 Å². The van der Waals surface area contributed by atoms with Gasteiger partial charge in [-0.25, -0.2) is 4.39 Å². The Kier molecular flexibility index (Phi) is 13.4. The molecule has 3 heteroatoms. The molecule has 2 nitrogen and oxygen atoms in total. The molecule has 0 N–H and O–H groups in total. The maximum atomic E-state index is 14.6. The van der Waals surface area contributed by atoms with Crippen LogP contribution in [0.3, 0.4) is 0 Å². The van der Waals surface area contributed by atoms with Crippen LogP contribution in [0.25, 0.3) is 11.1 Å². The van der Waals surface area contributed by atoms with Gasteiger partial charge >= 0.3 is 0 Å². The van der Waals surface area contributed by atoms with Crippen molar-refractivity contribution >= 4 is 0 Å². The average molecular weight is 497 g/mol. The van der Waals surface area contributed by atoms with Gasteiger partial charge in [-0.1, -0.05) is 95.5 Å². The van der Waals surface area contributed by atoms with Crippen LogP contribution in [0.15, 0.2) is 42.5 Å². The molecule has 0 spiro atoms. The highest BCUT2D eigenvalue weighted by molar-refractivity contribution is 5.64. The van der Waals surface area contributed by atoms with Gasteiger partial charge in [0.05, 0.1) is 6.61 Å². The molecule has 0 amide bonds. The average Bonchev–Trinajstić information content (AvgIpc) is 2.91. The van der Waals surface area contributed by atoms with Crippen LogP contribution in [-0.2, 0) is 4.74 Å². The monoisotopic (exact) mass is 496 g/mol. The minimum atomic E-state index is -0.270. The first-order valence-electron chi connectivity index (χ1n) is 14.8. The van der Waals surface area contributed by atoms with E-state index in [4.69, 9.17) is 9.47 Å². The van der Waals surface area contributed by atoms with Gasteiger partial charge < -0.3 is 9.47 Å². The van der Waals surface area contributed by atoms with E-state index in [1.165, 1.54) is 82.6 Å². The van der Waals surface area contributed by atoms with Crippen molar-refractivity contribution in [2.24, 2.45) is 5.92 Å². The lowest BCUT2D eigenvalue weighted by atomic mass is 9.79. The van der Waals surface area contributed by atoms with Crippen molar-refractivity contribution in [2.75, 3.05) is 19.8 Å². The lowest BCUT2D eigenvalue weighted by Gasteiger charge is -2.28. The standard InChI is InChI=1S/C33H49FO2/c1-3-5-7-9-10-12-24-36-33-22-21-31(25-32(33)34)30-19-17-29(18-20-30)28-15-13-27(14-16-28)26-35-23-11-8-6-4-2/h17-22,25,27-28H,3-16,23-24,26H2,1-2H3. The molecule has 0 radical (unpaired) electrons. The van der Waals surface area contributed by atoms with Gasteiger partial charge in [0.25, 0.3) is 0 Å². The first-order valence-corrected chi connectivity index (χ1v) is 14.8. The Balaban J connectivity index is 1.40. The predicted octanol–water partition coefficient (Wildman–Crippen LogP) is 10.1. The summed E-state index contributed by atoms with van der Waals surface area (Å²) < 4.78 is 26.3. The van der Waals surface area contributed by atoms with E-state index in [0.717, 1.165) is 43.1 Å². The summed E-state index contributed by atoms with van der Waals surface area (Å²) in [6.45, 7) is 6.92. The fourth-order valence-corrected chi connectivity index (χ4v) is 5.35. The van der Waals surface area contributed by atoms with Crippen LogP contribution in [-0.4, -0.2) is 19.8 Å². The molecule has 2 aromatic rings. The maximum Gasteiger partial charge on any atom is 0.165 e. The molecule has 3 rings (SSSR count). The van der Waals surface area contributed by atoms with E-state index < -0.39 is 0 Å². The number of hydrogen-bond donors (Lipinski definition) is 0. The Morgan fingerprint density at radius 3 is 2.00 bits per heavy atom. The van der Waals surface area contributed by atoms with Gasteiger partial charge in [0.1, 0.15) is 0 Å². The quantitative estimate of drug-likeness (QED) is 0.203. The highest BCUT2D eigenvalue weighted by atomic mass is 19.1. The molecule has 1 saturated carbocycles. The summed E-state index contributed by atoms with van der Waals surface area (Å²) in [5.74, 6) is 1.45. The highest BCUT2D eigenvalue weighted by Gasteiger charge is 2.22. The molecule has 0 aliphatic heterocycles. The fourth-order valence-electron chi connectivity index (χ4n) is 5.35. The molecule has 200 valence electrons. The molecular formula is C33H49FO2. The second kappa shape index (κ2) is 16.8. The summed E-state index contributed by atoms with van der Waals surface area (Å²) in [6, 6.07) is 14.1. The first-order chi connectivity index (χ1) is 17.7. The molecule has 1 aliphatic carbocycles. The van der Waals surface area contributed by atoms with E-state index in [2.05, 4.69) is 38.1 Å². The third-order valence-corrected chi connectivity index (χ3v) is 7.75. The normalized spacial score (nSPS) is 17.9. The maximum absolute atomic E-state index is 14.6. The summed E-state index contributed by atoms with van der Waals surface area (Å²) in [6.07, 6.45) is 17.3. The van der Waals surface area contributed by atoms with Crippen molar-refractivity contribution in [1.29, 1.82) is 0 Å². The fraction of sp³-hybridized carbons (Fsp3) is 0.636. The zero-order valence-electron chi connectivity index (χ0n) is 22.9. The van der Waals surface area contributed by atoms with E-state index >= 15 is 0 Å². The number of rotatable bonds is 17. The van der Waals surface area contributed by atoms with Gasteiger partial charge in [0.2, 0.25) is 0 Å². The summed E-state index contributed by atoms with van der Waals surface area (Å²) >= 11 is 0. The number of ether oxygens (including phenoxy) is 2. The molecular weight excluding hydrogens is 447 g/mol. The van der Waals surface area contributed by atoms with Crippen molar-refractivity contribution in [3.05, 3.63) is 53.8 Å². The van der Waals surface area contributed by atoms with Crippen LogP contribution >= 0.6 is 0 Å². The summed E-state index contributed by atoms with van der Waals surface area (Å²) in [5, 5.41) is 0. The van der Waals surface area contributed by atoms with Crippen LogP contribution in [0.4, 0.5) is 4.39 Å². The highest BCUT2D eigenvalue weighted by Crippen LogP contribution is 2.37.